The molecular weight excluding hydrogens is 306 g/mol. The predicted molar refractivity (Wildman–Crippen MR) is 72.4 cm³/mol. The lowest BCUT2D eigenvalue weighted by Crippen LogP contribution is -2.38. The van der Waals surface area contributed by atoms with Crippen molar-refractivity contribution in [1.29, 1.82) is 0 Å². The summed E-state index contributed by atoms with van der Waals surface area (Å²) < 4.78 is 27.2. The smallest absolute Gasteiger partial charge is 0.308 e. The van der Waals surface area contributed by atoms with E-state index >= 15 is 0 Å². The molecule has 1 aliphatic rings. The van der Waals surface area contributed by atoms with Crippen LogP contribution < -0.4 is 5.32 Å². The lowest BCUT2D eigenvalue weighted by Gasteiger charge is -2.25. The lowest BCUT2D eigenvalue weighted by atomic mass is 9.95. The second-order valence-corrected chi connectivity index (χ2v) is 5.58. The quantitative estimate of drug-likeness (QED) is 0.528. The first-order valence-corrected chi connectivity index (χ1v) is 6.90. The highest BCUT2D eigenvalue weighted by Gasteiger charge is 2.27. The molecule has 0 unspecified atom stereocenters. The number of carbonyl (C=O) groups excluding carboxylic acids is 1. The standard InChI is InChI=1S/C13H13ClF2N2O3/c14-7-1-3-9(4-2-7)17-13(19)10-5-8(15)6-11(12(10)16)18(20)21/h5-7,9H,1-4H2,(H,17,19). The van der Waals surface area contributed by atoms with Gasteiger partial charge in [0.15, 0.2) is 0 Å². The Kier molecular flexibility index (Phi) is 4.72. The third-order valence-electron chi connectivity index (χ3n) is 3.45. The Hall–Kier alpha value is -1.76. The van der Waals surface area contributed by atoms with E-state index in [0.29, 0.717) is 25.0 Å². The van der Waals surface area contributed by atoms with Crippen molar-refractivity contribution in [2.75, 3.05) is 0 Å². The molecule has 0 heterocycles. The van der Waals surface area contributed by atoms with E-state index in [9.17, 15) is 23.7 Å². The van der Waals surface area contributed by atoms with Crippen molar-refractivity contribution in [3.63, 3.8) is 0 Å². The summed E-state index contributed by atoms with van der Waals surface area (Å²) in [5.41, 5.74) is -1.71. The van der Waals surface area contributed by atoms with Crippen molar-refractivity contribution in [2.24, 2.45) is 0 Å². The average molecular weight is 319 g/mol. The van der Waals surface area contributed by atoms with Gasteiger partial charge in [-0.25, -0.2) is 4.39 Å². The van der Waals surface area contributed by atoms with Crippen molar-refractivity contribution in [3.05, 3.63) is 39.4 Å². The highest BCUT2D eigenvalue weighted by molar-refractivity contribution is 6.20. The van der Waals surface area contributed by atoms with Gasteiger partial charge in [0.05, 0.1) is 16.6 Å². The zero-order valence-electron chi connectivity index (χ0n) is 10.9. The molecule has 21 heavy (non-hydrogen) atoms. The first kappa shape index (κ1) is 15.6. The number of nitro groups is 1. The van der Waals surface area contributed by atoms with Gasteiger partial charge in [-0.3, -0.25) is 14.9 Å². The maximum atomic E-state index is 13.9. The Balaban J connectivity index is 2.17. The molecule has 1 aromatic rings. The molecule has 0 spiro atoms. The summed E-state index contributed by atoms with van der Waals surface area (Å²) in [6.45, 7) is 0. The van der Waals surface area contributed by atoms with Crippen LogP contribution in [0.4, 0.5) is 14.5 Å². The average Bonchev–Trinajstić information content (AvgIpc) is 2.43. The Morgan fingerprint density at radius 2 is 1.90 bits per heavy atom. The molecule has 1 fully saturated rings. The Labute approximate surface area is 124 Å². The minimum Gasteiger partial charge on any atom is -0.349 e. The number of nitrogens with zero attached hydrogens (tertiary/aromatic N) is 1. The fourth-order valence-corrected chi connectivity index (χ4v) is 2.59. The number of benzene rings is 1. The van der Waals surface area contributed by atoms with E-state index in [1.165, 1.54) is 0 Å². The third kappa shape index (κ3) is 3.66. The molecule has 114 valence electrons. The Morgan fingerprint density at radius 1 is 1.29 bits per heavy atom. The van der Waals surface area contributed by atoms with Gasteiger partial charge in [-0.15, -0.1) is 11.6 Å². The zero-order chi connectivity index (χ0) is 15.6. The summed E-state index contributed by atoms with van der Waals surface area (Å²) in [5.74, 6) is -3.21. The molecule has 0 saturated heterocycles. The number of nitro benzene ring substituents is 1. The normalized spacial score (nSPS) is 21.9. The third-order valence-corrected chi connectivity index (χ3v) is 3.89. The van der Waals surface area contributed by atoms with Gasteiger partial charge in [0.25, 0.3) is 5.91 Å². The SMILES string of the molecule is O=C(NC1CCC(Cl)CC1)c1cc(F)cc([N+](=O)[O-])c1F. The molecule has 0 bridgehead atoms. The maximum absolute atomic E-state index is 13.9. The molecule has 1 N–H and O–H groups in total. The number of alkyl halides is 1. The number of nitrogens with one attached hydrogen (secondary N) is 1. The number of hydrogen-bond donors (Lipinski definition) is 1. The van der Waals surface area contributed by atoms with Crippen LogP contribution in [0.5, 0.6) is 0 Å². The van der Waals surface area contributed by atoms with Crippen LogP contribution in [0.25, 0.3) is 0 Å². The van der Waals surface area contributed by atoms with Crippen molar-refractivity contribution < 1.29 is 18.5 Å². The van der Waals surface area contributed by atoms with Gasteiger partial charge < -0.3 is 5.32 Å². The minimum atomic E-state index is -1.33. The van der Waals surface area contributed by atoms with E-state index in [-0.39, 0.29) is 11.4 Å². The fourth-order valence-electron chi connectivity index (χ4n) is 2.33. The summed E-state index contributed by atoms with van der Waals surface area (Å²) in [4.78, 5) is 21.5. The van der Waals surface area contributed by atoms with Gasteiger partial charge in [-0.2, -0.15) is 4.39 Å². The largest absolute Gasteiger partial charge is 0.349 e. The van der Waals surface area contributed by atoms with Gasteiger partial charge in [0.2, 0.25) is 5.82 Å². The van der Waals surface area contributed by atoms with Gasteiger partial charge in [0, 0.05) is 11.4 Å². The lowest BCUT2D eigenvalue weighted by molar-refractivity contribution is -0.387. The van der Waals surface area contributed by atoms with Crippen LogP contribution in [0.1, 0.15) is 36.0 Å². The van der Waals surface area contributed by atoms with E-state index < -0.39 is 33.7 Å². The summed E-state index contributed by atoms with van der Waals surface area (Å²) >= 11 is 5.94. The molecule has 0 radical (unpaired) electrons. The van der Waals surface area contributed by atoms with Gasteiger partial charge in [-0.1, -0.05) is 0 Å². The molecule has 0 atom stereocenters. The van der Waals surface area contributed by atoms with E-state index in [0.717, 1.165) is 12.8 Å². The summed E-state index contributed by atoms with van der Waals surface area (Å²) in [7, 11) is 0. The number of halogens is 3. The Morgan fingerprint density at radius 3 is 2.48 bits per heavy atom. The van der Waals surface area contributed by atoms with Gasteiger partial charge in [-0.05, 0) is 31.7 Å². The molecule has 0 aromatic heterocycles. The van der Waals surface area contributed by atoms with Crippen LogP contribution in [0.2, 0.25) is 0 Å². The van der Waals surface area contributed by atoms with Crippen LogP contribution >= 0.6 is 11.6 Å². The van der Waals surface area contributed by atoms with E-state index in [2.05, 4.69) is 5.32 Å². The zero-order valence-corrected chi connectivity index (χ0v) is 11.7. The molecule has 1 saturated carbocycles. The second kappa shape index (κ2) is 6.34. The van der Waals surface area contributed by atoms with Gasteiger partial charge in [0.1, 0.15) is 5.82 Å². The van der Waals surface area contributed by atoms with E-state index in [4.69, 9.17) is 11.6 Å². The molecule has 0 aliphatic heterocycles. The monoisotopic (exact) mass is 318 g/mol. The van der Waals surface area contributed by atoms with Crippen molar-refractivity contribution in [2.45, 2.75) is 37.1 Å². The van der Waals surface area contributed by atoms with Crippen LogP contribution in [-0.4, -0.2) is 22.2 Å². The molecule has 8 heteroatoms. The van der Waals surface area contributed by atoms with Crippen LogP contribution in [0.3, 0.4) is 0 Å². The summed E-state index contributed by atoms with van der Waals surface area (Å²) in [6, 6.07) is 0.921. The molecule has 1 aromatic carbocycles. The second-order valence-electron chi connectivity index (χ2n) is 4.97. The molecule has 5 nitrogen and oxygen atoms in total. The minimum absolute atomic E-state index is 0.0603. The molecule has 1 aliphatic carbocycles. The highest BCUT2D eigenvalue weighted by Crippen LogP contribution is 2.25. The van der Waals surface area contributed by atoms with Crippen LogP contribution in [-0.2, 0) is 0 Å². The number of rotatable bonds is 3. The van der Waals surface area contributed by atoms with Crippen LogP contribution in [0.15, 0.2) is 12.1 Å². The molecular formula is C13H13ClF2N2O3. The van der Waals surface area contributed by atoms with Crippen molar-refractivity contribution in [1.82, 2.24) is 5.32 Å². The van der Waals surface area contributed by atoms with Crippen LogP contribution in [0, 0.1) is 21.7 Å². The Bertz CT molecular complexity index is 575. The predicted octanol–water partition coefficient (Wildman–Crippen LogP) is 3.15. The van der Waals surface area contributed by atoms with E-state index in [1.807, 2.05) is 0 Å². The number of carbonyl (C=O) groups is 1. The van der Waals surface area contributed by atoms with Crippen molar-refractivity contribution >= 4 is 23.2 Å². The van der Waals surface area contributed by atoms with E-state index in [1.54, 1.807) is 0 Å². The molecule has 2 rings (SSSR count). The highest BCUT2D eigenvalue weighted by atomic mass is 35.5. The maximum Gasteiger partial charge on any atom is 0.308 e. The number of hydrogen-bond acceptors (Lipinski definition) is 3. The summed E-state index contributed by atoms with van der Waals surface area (Å²) in [6.07, 6.45) is 2.72. The fraction of sp³-hybridized carbons (Fsp3) is 0.462. The number of amides is 1. The first-order chi connectivity index (χ1) is 9.88. The molecule has 1 amide bonds. The van der Waals surface area contributed by atoms with Gasteiger partial charge >= 0.3 is 5.69 Å². The van der Waals surface area contributed by atoms with Crippen molar-refractivity contribution in [3.8, 4) is 0 Å². The topological polar surface area (TPSA) is 72.2 Å². The first-order valence-electron chi connectivity index (χ1n) is 6.47. The summed E-state index contributed by atoms with van der Waals surface area (Å²) in [5, 5.41) is 13.3.